The molecule has 1 aliphatic carbocycles. The Balaban J connectivity index is 1.62. The Bertz CT molecular complexity index is 420. The fraction of sp³-hybridized carbons (Fsp3) is 0.875. The van der Waals surface area contributed by atoms with Crippen LogP contribution in [-0.2, 0) is 9.59 Å². The van der Waals surface area contributed by atoms with Gasteiger partial charge in [-0.25, -0.2) is 0 Å². The molecule has 0 aromatic rings. The summed E-state index contributed by atoms with van der Waals surface area (Å²) in [6.45, 7) is 8.88. The van der Waals surface area contributed by atoms with Gasteiger partial charge in [-0.05, 0) is 37.5 Å². The van der Waals surface area contributed by atoms with Crippen LogP contribution in [0.15, 0.2) is 0 Å². The average Bonchev–Trinajstić information content (AvgIpc) is 3.20. The third-order valence-electron chi connectivity index (χ3n) is 5.30. The molecule has 3 fully saturated rings. The second-order valence-electron chi connectivity index (χ2n) is 7.68. The van der Waals surface area contributed by atoms with E-state index in [0.717, 1.165) is 32.5 Å². The summed E-state index contributed by atoms with van der Waals surface area (Å²) >= 11 is 0. The molecule has 0 aromatic heterocycles. The van der Waals surface area contributed by atoms with Crippen molar-refractivity contribution < 1.29 is 9.59 Å². The molecule has 3 rings (SSSR count). The van der Waals surface area contributed by atoms with Crippen LogP contribution in [0.25, 0.3) is 0 Å². The highest BCUT2D eigenvalue weighted by atomic mass is 16.2. The summed E-state index contributed by atoms with van der Waals surface area (Å²) < 4.78 is 0. The zero-order valence-corrected chi connectivity index (χ0v) is 12.9. The van der Waals surface area contributed by atoms with Crippen LogP contribution in [-0.4, -0.2) is 47.3 Å². The summed E-state index contributed by atoms with van der Waals surface area (Å²) in [4.78, 5) is 28.5. The highest BCUT2D eigenvalue weighted by Crippen LogP contribution is 2.50. The zero-order valence-electron chi connectivity index (χ0n) is 12.9. The van der Waals surface area contributed by atoms with Gasteiger partial charge in [0.15, 0.2) is 0 Å². The molecule has 3 aliphatic rings. The highest BCUT2D eigenvalue weighted by Gasteiger charge is 2.55. The van der Waals surface area contributed by atoms with Gasteiger partial charge in [0, 0.05) is 31.1 Å². The van der Waals surface area contributed by atoms with Crippen molar-refractivity contribution in [1.82, 2.24) is 9.80 Å². The van der Waals surface area contributed by atoms with Crippen LogP contribution in [0.1, 0.15) is 46.5 Å². The standard InChI is InChI=1S/C16H26N2O2/c1-11-6-8-17(9-7-11)14(19)15(20)18-10-16(2,3)13(18)12-4-5-12/h11-13H,4-10H2,1-3H3. The van der Waals surface area contributed by atoms with Crippen LogP contribution >= 0.6 is 0 Å². The lowest BCUT2D eigenvalue weighted by Gasteiger charge is -2.54. The van der Waals surface area contributed by atoms with Crippen LogP contribution in [0.2, 0.25) is 0 Å². The maximum atomic E-state index is 12.5. The Morgan fingerprint density at radius 2 is 1.60 bits per heavy atom. The summed E-state index contributed by atoms with van der Waals surface area (Å²) in [5.41, 5.74) is 0.188. The minimum Gasteiger partial charge on any atom is -0.334 e. The van der Waals surface area contributed by atoms with Gasteiger partial charge in [-0.1, -0.05) is 20.8 Å². The molecule has 2 aliphatic heterocycles. The van der Waals surface area contributed by atoms with Crippen molar-refractivity contribution in [2.24, 2.45) is 17.3 Å². The molecular weight excluding hydrogens is 252 g/mol. The van der Waals surface area contributed by atoms with Crippen LogP contribution < -0.4 is 0 Å². The SMILES string of the molecule is CC1CCN(C(=O)C(=O)N2CC(C)(C)C2C2CC2)CC1. The van der Waals surface area contributed by atoms with Gasteiger partial charge < -0.3 is 9.80 Å². The number of hydrogen-bond acceptors (Lipinski definition) is 2. The molecule has 20 heavy (non-hydrogen) atoms. The van der Waals surface area contributed by atoms with E-state index in [1.165, 1.54) is 12.8 Å². The second kappa shape index (κ2) is 4.74. The quantitative estimate of drug-likeness (QED) is 0.687. The number of nitrogens with zero attached hydrogens (tertiary/aromatic N) is 2. The summed E-state index contributed by atoms with van der Waals surface area (Å²) in [5, 5.41) is 0. The van der Waals surface area contributed by atoms with Crippen molar-refractivity contribution in [3.63, 3.8) is 0 Å². The van der Waals surface area contributed by atoms with Crippen molar-refractivity contribution in [3.8, 4) is 0 Å². The zero-order chi connectivity index (χ0) is 14.5. The van der Waals surface area contributed by atoms with Gasteiger partial charge in [0.1, 0.15) is 0 Å². The first-order valence-corrected chi connectivity index (χ1v) is 8.00. The number of hydrogen-bond donors (Lipinski definition) is 0. The predicted octanol–water partition coefficient (Wildman–Crippen LogP) is 1.89. The Kier molecular flexibility index (Phi) is 3.30. The van der Waals surface area contributed by atoms with Gasteiger partial charge in [-0.2, -0.15) is 0 Å². The lowest BCUT2D eigenvalue weighted by Crippen LogP contribution is -2.67. The van der Waals surface area contributed by atoms with E-state index in [1.807, 2.05) is 4.90 Å². The number of carbonyl (C=O) groups is 2. The minimum absolute atomic E-state index is 0.188. The highest BCUT2D eigenvalue weighted by molar-refractivity contribution is 6.35. The molecule has 112 valence electrons. The first kappa shape index (κ1) is 13.9. The number of piperidine rings is 1. The van der Waals surface area contributed by atoms with Crippen LogP contribution in [0, 0.1) is 17.3 Å². The molecule has 4 nitrogen and oxygen atoms in total. The van der Waals surface area contributed by atoms with Crippen molar-refractivity contribution in [2.45, 2.75) is 52.5 Å². The maximum absolute atomic E-state index is 12.5. The van der Waals surface area contributed by atoms with Crippen LogP contribution in [0.5, 0.6) is 0 Å². The van der Waals surface area contributed by atoms with Gasteiger partial charge >= 0.3 is 11.8 Å². The minimum atomic E-state index is -0.266. The van der Waals surface area contributed by atoms with Crippen LogP contribution in [0.3, 0.4) is 0 Å². The number of likely N-dealkylation sites (tertiary alicyclic amines) is 2. The number of rotatable bonds is 1. The summed E-state index contributed by atoms with van der Waals surface area (Å²) in [5.74, 6) is 0.794. The molecule has 0 spiro atoms. The molecule has 2 amide bonds. The van der Waals surface area contributed by atoms with Gasteiger partial charge in [0.2, 0.25) is 0 Å². The second-order valence-corrected chi connectivity index (χ2v) is 7.68. The fourth-order valence-corrected chi connectivity index (χ4v) is 3.91. The molecule has 4 heteroatoms. The van der Waals surface area contributed by atoms with E-state index >= 15 is 0 Å². The Morgan fingerprint density at radius 1 is 1.00 bits per heavy atom. The van der Waals surface area contributed by atoms with Gasteiger partial charge in [0.05, 0.1) is 0 Å². The van der Waals surface area contributed by atoms with Crippen LogP contribution in [0.4, 0.5) is 0 Å². The van der Waals surface area contributed by atoms with Crippen molar-refractivity contribution in [1.29, 1.82) is 0 Å². The number of carbonyl (C=O) groups excluding carboxylic acids is 2. The van der Waals surface area contributed by atoms with Crippen molar-refractivity contribution in [2.75, 3.05) is 19.6 Å². The molecule has 1 unspecified atom stereocenters. The smallest absolute Gasteiger partial charge is 0.312 e. The van der Waals surface area contributed by atoms with Crippen molar-refractivity contribution >= 4 is 11.8 Å². The maximum Gasteiger partial charge on any atom is 0.312 e. The molecule has 1 atom stereocenters. The third-order valence-corrected chi connectivity index (χ3v) is 5.30. The Morgan fingerprint density at radius 3 is 2.10 bits per heavy atom. The molecular formula is C16H26N2O2. The largest absolute Gasteiger partial charge is 0.334 e. The molecule has 2 heterocycles. The lowest BCUT2D eigenvalue weighted by atomic mass is 9.72. The van der Waals surface area contributed by atoms with E-state index in [0.29, 0.717) is 17.9 Å². The summed E-state index contributed by atoms with van der Waals surface area (Å²) in [7, 11) is 0. The molecule has 0 bridgehead atoms. The topological polar surface area (TPSA) is 40.6 Å². The summed E-state index contributed by atoms with van der Waals surface area (Å²) in [6.07, 6.45) is 4.48. The summed E-state index contributed by atoms with van der Waals surface area (Å²) in [6, 6.07) is 0.294. The van der Waals surface area contributed by atoms with E-state index in [-0.39, 0.29) is 17.2 Å². The van der Waals surface area contributed by atoms with Crippen molar-refractivity contribution in [3.05, 3.63) is 0 Å². The van der Waals surface area contributed by atoms with E-state index in [9.17, 15) is 9.59 Å². The first-order chi connectivity index (χ1) is 9.40. The molecule has 0 aromatic carbocycles. The van der Waals surface area contributed by atoms with E-state index < -0.39 is 0 Å². The van der Waals surface area contributed by atoms with Gasteiger partial charge in [-0.3, -0.25) is 9.59 Å². The fourth-order valence-electron chi connectivity index (χ4n) is 3.91. The molecule has 0 N–H and O–H groups in total. The monoisotopic (exact) mass is 278 g/mol. The lowest BCUT2D eigenvalue weighted by molar-refractivity contribution is -0.166. The average molecular weight is 278 g/mol. The third kappa shape index (κ3) is 2.33. The van der Waals surface area contributed by atoms with E-state index in [2.05, 4.69) is 20.8 Å². The normalized spacial score (nSPS) is 30.1. The molecule has 0 radical (unpaired) electrons. The molecule has 1 saturated carbocycles. The van der Waals surface area contributed by atoms with Gasteiger partial charge in [0.25, 0.3) is 0 Å². The predicted molar refractivity (Wildman–Crippen MR) is 77.0 cm³/mol. The Labute approximate surface area is 121 Å². The van der Waals surface area contributed by atoms with E-state index in [4.69, 9.17) is 0 Å². The Hall–Kier alpha value is -1.06. The number of amides is 2. The van der Waals surface area contributed by atoms with Gasteiger partial charge in [-0.15, -0.1) is 0 Å². The van der Waals surface area contributed by atoms with E-state index in [1.54, 1.807) is 4.90 Å². The molecule has 2 saturated heterocycles. The first-order valence-electron chi connectivity index (χ1n) is 8.00.